The second kappa shape index (κ2) is 3.92. The van der Waals surface area contributed by atoms with Gasteiger partial charge in [-0.15, -0.1) is 0 Å². The first-order valence-corrected chi connectivity index (χ1v) is 6.50. The number of fused-ring (bicyclic) bond motifs is 1. The molecule has 2 aromatic heterocycles. The lowest BCUT2D eigenvalue weighted by atomic mass is 10.1. The normalized spacial score (nSPS) is 11.4. The minimum atomic E-state index is 0.845. The lowest BCUT2D eigenvalue weighted by Gasteiger charge is -2.02. The molecule has 1 aromatic carbocycles. The van der Waals surface area contributed by atoms with Crippen LogP contribution in [0.1, 0.15) is 16.8 Å². The lowest BCUT2D eigenvalue weighted by molar-refractivity contribution is 0.882. The van der Waals surface area contributed by atoms with Crippen molar-refractivity contribution in [3.05, 3.63) is 41.1 Å². The average molecular weight is 253 g/mol. The van der Waals surface area contributed by atoms with Gasteiger partial charge in [-0.25, -0.2) is 0 Å². The van der Waals surface area contributed by atoms with Crippen molar-refractivity contribution in [2.24, 2.45) is 7.05 Å². The van der Waals surface area contributed by atoms with Gasteiger partial charge in [0.1, 0.15) is 0 Å². The summed E-state index contributed by atoms with van der Waals surface area (Å²) in [5, 5.41) is 1.20. The minimum absolute atomic E-state index is 0.845. The SMILES string of the molecule is Cc1cc(-c2cc3c(C)c(N)ccc3[nH]2)n(C)c1C. The molecule has 2 heterocycles. The van der Waals surface area contributed by atoms with Crippen LogP contribution in [-0.2, 0) is 7.05 Å². The first-order valence-electron chi connectivity index (χ1n) is 6.50. The molecule has 0 radical (unpaired) electrons. The van der Waals surface area contributed by atoms with Crippen molar-refractivity contribution in [3.63, 3.8) is 0 Å². The molecule has 0 aliphatic carbocycles. The molecule has 0 saturated carbocycles. The molecule has 0 aliphatic heterocycles. The highest BCUT2D eigenvalue weighted by Gasteiger charge is 2.12. The molecule has 0 fully saturated rings. The Morgan fingerprint density at radius 1 is 1.11 bits per heavy atom. The molecule has 0 unspecified atom stereocenters. The number of aromatic nitrogens is 2. The molecule has 3 N–H and O–H groups in total. The van der Waals surface area contributed by atoms with Crippen LogP contribution in [0.2, 0.25) is 0 Å². The van der Waals surface area contributed by atoms with Gasteiger partial charge in [-0.2, -0.15) is 0 Å². The Hall–Kier alpha value is -2.16. The van der Waals surface area contributed by atoms with Crippen molar-refractivity contribution in [1.29, 1.82) is 0 Å². The molecule has 0 bridgehead atoms. The third-order valence-corrected chi connectivity index (χ3v) is 4.18. The quantitative estimate of drug-likeness (QED) is 0.638. The number of H-pyrrole nitrogens is 1. The van der Waals surface area contributed by atoms with Gasteiger partial charge in [-0.05, 0) is 56.2 Å². The van der Waals surface area contributed by atoms with Gasteiger partial charge in [0.15, 0.2) is 0 Å². The molecule has 3 nitrogen and oxygen atoms in total. The molecule has 0 spiro atoms. The van der Waals surface area contributed by atoms with Gasteiger partial charge in [0.05, 0.1) is 11.4 Å². The highest BCUT2D eigenvalue weighted by Crippen LogP contribution is 2.30. The van der Waals surface area contributed by atoms with Crippen LogP contribution in [0, 0.1) is 20.8 Å². The fraction of sp³-hybridized carbons (Fsp3) is 0.250. The van der Waals surface area contributed by atoms with Gasteiger partial charge in [0.2, 0.25) is 0 Å². The minimum Gasteiger partial charge on any atom is -0.398 e. The van der Waals surface area contributed by atoms with Gasteiger partial charge in [-0.1, -0.05) is 0 Å². The summed E-state index contributed by atoms with van der Waals surface area (Å²) in [5.41, 5.74) is 14.1. The van der Waals surface area contributed by atoms with Crippen molar-refractivity contribution >= 4 is 16.6 Å². The summed E-state index contributed by atoms with van der Waals surface area (Å²) in [6.07, 6.45) is 0. The number of hydrogen-bond donors (Lipinski definition) is 2. The zero-order chi connectivity index (χ0) is 13.7. The highest BCUT2D eigenvalue weighted by molar-refractivity contribution is 5.91. The molecule has 0 saturated heterocycles. The Kier molecular flexibility index (Phi) is 2.45. The van der Waals surface area contributed by atoms with Gasteiger partial charge in [-0.3, -0.25) is 0 Å². The maximum absolute atomic E-state index is 5.97. The summed E-state index contributed by atoms with van der Waals surface area (Å²) in [7, 11) is 2.10. The van der Waals surface area contributed by atoms with E-state index in [4.69, 9.17) is 5.73 Å². The molecule has 19 heavy (non-hydrogen) atoms. The van der Waals surface area contributed by atoms with E-state index in [9.17, 15) is 0 Å². The highest BCUT2D eigenvalue weighted by atomic mass is 15.0. The van der Waals surface area contributed by atoms with Crippen molar-refractivity contribution in [1.82, 2.24) is 9.55 Å². The Morgan fingerprint density at radius 2 is 1.84 bits per heavy atom. The van der Waals surface area contributed by atoms with Crippen molar-refractivity contribution in [2.75, 3.05) is 5.73 Å². The van der Waals surface area contributed by atoms with E-state index in [1.807, 2.05) is 12.1 Å². The maximum Gasteiger partial charge on any atom is 0.0648 e. The Balaban J connectivity index is 2.26. The monoisotopic (exact) mass is 253 g/mol. The fourth-order valence-electron chi connectivity index (χ4n) is 2.61. The van der Waals surface area contributed by atoms with Crippen molar-refractivity contribution < 1.29 is 0 Å². The van der Waals surface area contributed by atoms with E-state index in [0.717, 1.165) is 22.5 Å². The Labute approximate surface area is 113 Å². The lowest BCUT2D eigenvalue weighted by Crippen LogP contribution is -1.94. The van der Waals surface area contributed by atoms with Crippen LogP contribution in [0.3, 0.4) is 0 Å². The van der Waals surface area contributed by atoms with E-state index < -0.39 is 0 Å². The van der Waals surface area contributed by atoms with Crippen molar-refractivity contribution in [2.45, 2.75) is 20.8 Å². The first-order chi connectivity index (χ1) is 8.99. The summed E-state index contributed by atoms with van der Waals surface area (Å²) in [6, 6.07) is 8.41. The molecule has 0 amide bonds. The largest absolute Gasteiger partial charge is 0.398 e. The van der Waals surface area contributed by atoms with Gasteiger partial charge >= 0.3 is 0 Å². The Bertz CT molecular complexity index is 775. The number of benzene rings is 1. The zero-order valence-electron chi connectivity index (χ0n) is 11.8. The predicted octanol–water partition coefficient (Wildman–Crippen LogP) is 3.68. The summed E-state index contributed by atoms with van der Waals surface area (Å²) in [6.45, 7) is 6.35. The van der Waals surface area contributed by atoms with E-state index >= 15 is 0 Å². The fourth-order valence-corrected chi connectivity index (χ4v) is 2.61. The average Bonchev–Trinajstić information content (AvgIpc) is 2.92. The van der Waals surface area contributed by atoms with E-state index in [1.54, 1.807) is 0 Å². The topological polar surface area (TPSA) is 46.7 Å². The second-order valence-corrected chi connectivity index (χ2v) is 5.28. The summed E-state index contributed by atoms with van der Waals surface area (Å²) in [4.78, 5) is 3.48. The number of nitrogens with two attached hydrogens (primary N) is 1. The predicted molar refractivity (Wildman–Crippen MR) is 81.3 cm³/mol. The van der Waals surface area contributed by atoms with E-state index in [2.05, 4.69) is 49.5 Å². The summed E-state index contributed by atoms with van der Waals surface area (Å²) >= 11 is 0. The molecular formula is C16H19N3. The standard InChI is InChI=1S/C16H19N3/c1-9-7-16(19(4)11(9)3)15-8-12-10(2)13(17)5-6-14(12)18-15/h5-8,18H,17H2,1-4H3. The van der Waals surface area contributed by atoms with Crippen LogP contribution in [0.5, 0.6) is 0 Å². The molecule has 3 heteroatoms. The van der Waals surface area contributed by atoms with Gasteiger partial charge < -0.3 is 15.3 Å². The second-order valence-electron chi connectivity index (χ2n) is 5.28. The number of nitrogen functional groups attached to an aromatic ring is 1. The van der Waals surface area contributed by atoms with Crippen LogP contribution in [0.15, 0.2) is 24.3 Å². The number of nitrogens with zero attached hydrogens (tertiary/aromatic N) is 1. The first kappa shape index (κ1) is 11.9. The molecule has 0 aliphatic rings. The molecular weight excluding hydrogens is 234 g/mol. The van der Waals surface area contributed by atoms with Gasteiger partial charge in [0.25, 0.3) is 0 Å². The van der Waals surface area contributed by atoms with E-state index in [0.29, 0.717) is 0 Å². The van der Waals surface area contributed by atoms with Crippen LogP contribution < -0.4 is 5.73 Å². The van der Waals surface area contributed by atoms with Crippen LogP contribution >= 0.6 is 0 Å². The summed E-state index contributed by atoms with van der Waals surface area (Å²) in [5.74, 6) is 0. The number of nitrogens with one attached hydrogen (secondary N) is 1. The van der Waals surface area contributed by atoms with E-state index in [-0.39, 0.29) is 0 Å². The van der Waals surface area contributed by atoms with Crippen LogP contribution in [0.25, 0.3) is 22.3 Å². The molecule has 98 valence electrons. The van der Waals surface area contributed by atoms with Crippen molar-refractivity contribution in [3.8, 4) is 11.4 Å². The number of rotatable bonds is 1. The maximum atomic E-state index is 5.97. The van der Waals surface area contributed by atoms with Crippen LogP contribution in [-0.4, -0.2) is 9.55 Å². The number of hydrogen-bond acceptors (Lipinski definition) is 1. The molecule has 3 rings (SSSR count). The molecule has 3 aromatic rings. The number of aryl methyl sites for hydroxylation is 2. The van der Waals surface area contributed by atoms with Crippen LogP contribution in [0.4, 0.5) is 5.69 Å². The Morgan fingerprint density at radius 3 is 2.47 bits per heavy atom. The summed E-state index contributed by atoms with van der Waals surface area (Å²) < 4.78 is 2.22. The van der Waals surface area contributed by atoms with Gasteiger partial charge in [0, 0.05) is 29.3 Å². The number of aromatic amines is 1. The zero-order valence-corrected chi connectivity index (χ0v) is 11.8. The third kappa shape index (κ3) is 1.65. The van der Waals surface area contributed by atoms with E-state index in [1.165, 1.54) is 22.3 Å². The third-order valence-electron chi connectivity index (χ3n) is 4.18. The molecule has 0 atom stereocenters. The number of anilines is 1. The smallest absolute Gasteiger partial charge is 0.0648 e.